The Balaban J connectivity index is 1.73. The molecule has 5 nitrogen and oxygen atoms in total. The summed E-state index contributed by atoms with van der Waals surface area (Å²) in [4.78, 5) is 25.5. The molecule has 0 bridgehead atoms. The summed E-state index contributed by atoms with van der Waals surface area (Å²) in [6.07, 6.45) is 3.12. The number of methoxy groups -OCH3 is 1. The first-order chi connectivity index (χ1) is 10.6. The van der Waals surface area contributed by atoms with Gasteiger partial charge < -0.3 is 15.0 Å². The van der Waals surface area contributed by atoms with Crippen LogP contribution in [0.25, 0.3) is 0 Å². The van der Waals surface area contributed by atoms with Gasteiger partial charge in [0.1, 0.15) is 5.75 Å². The van der Waals surface area contributed by atoms with Crippen molar-refractivity contribution in [1.82, 2.24) is 10.2 Å². The van der Waals surface area contributed by atoms with E-state index in [0.29, 0.717) is 12.8 Å². The van der Waals surface area contributed by atoms with Gasteiger partial charge in [0.25, 0.3) is 0 Å². The molecule has 1 aromatic carbocycles. The minimum atomic E-state index is -0.0977. The van der Waals surface area contributed by atoms with Crippen molar-refractivity contribution in [2.24, 2.45) is 0 Å². The molecule has 0 aliphatic carbocycles. The van der Waals surface area contributed by atoms with Crippen LogP contribution in [-0.2, 0) is 16.0 Å². The van der Waals surface area contributed by atoms with Gasteiger partial charge in [-0.15, -0.1) is 0 Å². The third-order valence-electron chi connectivity index (χ3n) is 3.75. The van der Waals surface area contributed by atoms with Gasteiger partial charge in [-0.2, -0.15) is 0 Å². The molecule has 1 aliphatic heterocycles. The Morgan fingerprint density at radius 2 is 2.05 bits per heavy atom. The van der Waals surface area contributed by atoms with Gasteiger partial charge in [-0.05, 0) is 52.9 Å². The quantitative estimate of drug-likeness (QED) is 0.836. The Kier molecular flexibility index (Phi) is 6.24. The molecule has 120 valence electrons. The second-order valence-corrected chi connectivity index (χ2v) is 6.19. The molecular formula is C16H21BrN2O3. The number of nitrogens with zero attached hydrogens (tertiary/aromatic N) is 1. The van der Waals surface area contributed by atoms with Crippen molar-refractivity contribution in [2.45, 2.75) is 25.7 Å². The van der Waals surface area contributed by atoms with Gasteiger partial charge in [0.05, 0.1) is 18.1 Å². The summed E-state index contributed by atoms with van der Waals surface area (Å²) in [5, 5.41) is 2.70. The van der Waals surface area contributed by atoms with Gasteiger partial charge in [0, 0.05) is 19.5 Å². The second-order valence-electron chi connectivity index (χ2n) is 5.33. The van der Waals surface area contributed by atoms with E-state index in [1.54, 1.807) is 12.0 Å². The Morgan fingerprint density at radius 1 is 1.32 bits per heavy atom. The average molecular weight is 369 g/mol. The number of hydrogen-bond donors (Lipinski definition) is 1. The van der Waals surface area contributed by atoms with Crippen LogP contribution in [-0.4, -0.2) is 43.5 Å². The van der Waals surface area contributed by atoms with Crippen LogP contribution < -0.4 is 10.1 Å². The van der Waals surface area contributed by atoms with E-state index in [1.807, 2.05) is 18.2 Å². The lowest BCUT2D eigenvalue weighted by atomic mass is 10.1. The fourth-order valence-electron chi connectivity index (χ4n) is 2.46. The molecule has 1 aliphatic rings. The lowest BCUT2D eigenvalue weighted by Gasteiger charge is -2.15. The standard InChI is InChI=1S/C16H21BrN2O3/c1-22-14-6-4-12(10-13(14)17)5-7-15(20)18-11-16(21)19-8-2-3-9-19/h4,6,10H,2-3,5,7-9,11H2,1H3,(H,18,20). The zero-order valence-corrected chi connectivity index (χ0v) is 14.3. The van der Waals surface area contributed by atoms with E-state index in [-0.39, 0.29) is 18.4 Å². The van der Waals surface area contributed by atoms with Crippen molar-refractivity contribution in [3.8, 4) is 5.75 Å². The van der Waals surface area contributed by atoms with E-state index in [2.05, 4.69) is 21.2 Å². The van der Waals surface area contributed by atoms with Crippen LogP contribution in [0.15, 0.2) is 22.7 Å². The smallest absolute Gasteiger partial charge is 0.241 e. The van der Waals surface area contributed by atoms with Gasteiger partial charge >= 0.3 is 0 Å². The Bertz CT molecular complexity index is 542. The first-order valence-electron chi connectivity index (χ1n) is 7.47. The lowest BCUT2D eigenvalue weighted by molar-refractivity contribution is -0.132. The fraction of sp³-hybridized carbons (Fsp3) is 0.500. The Morgan fingerprint density at radius 3 is 2.68 bits per heavy atom. The Labute approximate surface area is 139 Å². The van der Waals surface area contributed by atoms with E-state index in [9.17, 15) is 9.59 Å². The van der Waals surface area contributed by atoms with Gasteiger partial charge in [-0.1, -0.05) is 6.07 Å². The minimum Gasteiger partial charge on any atom is -0.496 e. The number of rotatable bonds is 6. The molecule has 0 aromatic heterocycles. The van der Waals surface area contributed by atoms with Crippen LogP contribution >= 0.6 is 15.9 Å². The molecule has 6 heteroatoms. The third-order valence-corrected chi connectivity index (χ3v) is 4.37. The highest BCUT2D eigenvalue weighted by molar-refractivity contribution is 9.10. The van der Waals surface area contributed by atoms with E-state index >= 15 is 0 Å². The maximum atomic E-state index is 11.8. The summed E-state index contributed by atoms with van der Waals surface area (Å²) < 4.78 is 6.04. The second kappa shape index (κ2) is 8.17. The first kappa shape index (κ1) is 16.8. The van der Waals surface area contributed by atoms with Crippen LogP contribution in [0.1, 0.15) is 24.8 Å². The monoisotopic (exact) mass is 368 g/mol. The summed E-state index contributed by atoms with van der Waals surface area (Å²) in [5.74, 6) is 0.682. The molecule has 0 spiro atoms. The van der Waals surface area contributed by atoms with Crippen LogP contribution in [0.5, 0.6) is 5.75 Å². The highest BCUT2D eigenvalue weighted by Crippen LogP contribution is 2.25. The van der Waals surface area contributed by atoms with Crippen molar-refractivity contribution in [3.63, 3.8) is 0 Å². The first-order valence-corrected chi connectivity index (χ1v) is 8.26. The average Bonchev–Trinajstić information content (AvgIpc) is 3.05. The normalized spacial score (nSPS) is 14.0. The summed E-state index contributed by atoms with van der Waals surface area (Å²) in [7, 11) is 1.62. The maximum Gasteiger partial charge on any atom is 0.241 e. The van der Waals surface area contributed by atoms with Crippen molar-refractivity contribution >= 4 is 27.7 Å². The van der Waals surface area contributed by atoms with Crippen LogP contribution in [0, 0.1) is 0 Å². The molecule has 1 N–H and O–H groups in total. The number of aryl methyl sites for hydroxylation is 1. The van der Waals surface area contributed by atoms with Gasteiger partial charge in [0.15, 0.2) is 0 Å². The van der Waals surface area contributed by atoms with Crippen LogP contribution in [0.2, 0.25) is 0 Å². The molecule has 0 saturated carbocycles. The number of benzene rings is 1. The van der Waals surface area contributed by atoms with E-state index in [4.69, 9.17) is 4.74 Å². The molecular weight excluding hydrogens is 348 g/mol. The molecule has 1 saturated heterocycles. The molecule has 0 radical (unpaired) electrons. The molecule has 2 amide bonds. The molecule has 0 atom stereocenters. The zero-order valence-electron chi connectivity index (χ0n) is 12.7. The SMILES string of the molecule is COc1ccc(CCC(=O)NCC(=O)N2CCCC2)cc1Br. The van der Waals surface area contributed by atoms with Crippen LogP contribution in [0.3, 0.4) is 0 Å². The van der Waals surface area contributed by atoms with Crippen molar-refractivity contribution < 1.29 is 14.3 Å². The zero-order chi connectivity index (χ0) is 15.9. The molecule has 1 aromatic rings. The van der Waals surface area contributed by atoms with Gasteiger partial charge in [-0.3, -0.25) is 9.59 Å². The highest BCUT2D eigenvalue weighted by Gasteiger charge is 2.18. The summed E-state index contributed by atoms with van der Waals surface area (Å²) in [5.41, 5.74) is 1.05. The topological polar surface area (TPSA) is 58.6 Å². The molecule has 1 heterocycles. The summed E-state index contributed by atoms with van der Waals surface area (Å²) >= 11 is 3.43. The molecule has 2 rings (SSSR count). The van der Waals surface area contributed by atoms with Crippen molar-refractivity contribution in [1.29, 1.82) is 0 Å². The lowest BCUT2D eigenvalue weighted by Crippen LogP contribution is -2.38. The third kappa shape index (κ3) is 4.73. The predicted molar refractivity (Wildman–Crippen MR) is 87.8 cm³/mol. The fourth-order valence-corrected chi connectivity index (χ4v) is 3.05. The highest BCUT2D eigenvalue weighted by atomic mass is 79.9. The van der Waals surface area contributed by atoms with E-state index in [1.165, 1.54) is 0 Å². The Hall–Kier alpha value is -1.56. The number of amides is 2. The van der Waals surface area contributed by atoms with Gasteiger partial charge in [-0.25, -0.2) is 0 Å². The summed E-state index contributed by atoms with van der Waals surface area (Å²) in [6, 6.07) is 5.75. The largest absolute Gasteiger partial charge is 0.496 e. The minimum absolute atomic E-state index is 0.0121. The number of carbonyl (C=O) groups is 2. The number of nitrogens with one attached hydrogen (secondary N) is 1. The molecule has 22 heavy (non-hydrogen) atoms. The van der Waals surface area contributed by atoms with Crippen molar-refractivity contribution in [3.05, 3.63) is 28.2 Å². The number of halogens is 1. The number of hydrogen-bond acceptors (Lipinski definition) is 3. The van der Waals surface area contributed by atoms with E-state index < -0.39 is 0 Å². The maximum absolute atomic E-state index is 11.8. The summed E-state index contributed by atoms with van der Waals surface area (Å²) in [6.45, 7) is 1.73. The molecule has 0 unspecified atom stereocenters. The van der Waals surface area contributed by atoms with Gasteiger partial charge in [0.2, 0.25) is 11.8 Å². The number of likely N-dealkylation sites (tertiary alicyclic amines) is 1. The predicted octanol–water partition coefficient (Wildman–Crippen LogP) is 2.13. The van der Waals surface area contributed by atoms with Crippen LogP contribution in [0.4, 0.5) is 0 Å². The molecule has 1 fully saturated rings. The van der Waals surface area contributed by atoms with Crippen molar-refractivity contribution in [2.75, 3.05) is 26.7 Å². The number of ether oxygens (including phenoxy) is 1. The van der Waals surface area contributed by atoms with E-state index in [0.717, 1.165) is 41.7 Å². The number of carbonyl (C=O) groups excluding carboxylic acids is 2.